The predicted octanol–water partition coefficient (Wildman–Crippen LogP) is 1.67. The van der Waals surface area contributed by atoms with Gasteiger partial charge < -0.3 is 15.0 Å². The van der Waals surface area contributed by atoms with Gasteiger partial charge in [-0.05, 0) is 39.3 Å². The maximum Gasteiger partial charge on any atom is 0.339 e. The summed E-state index contributed by atoms with van der Waals surface area (Å²) in [6.07, 6.45) is 0. The van der Waals surface area contributed by atoms with E-state index in [0.29, 0.717) is 5.56 Å². The molecular formula is C15H23N3O2. The lowest BCUT2D eigenvalue weighted by Crippen LogP contribution is -2.57. The lowest BCUT2D eigenvalue weighted by atomic mass is 10.0. The molecule has 1 aliphatic rings. The third-order valence-electron chi connectivity index (χ3n) is 3.67. The van der Waals surface area contributed by atoms with E-state index in [1.807, 2.05) is 19.9 Å². The van der Waals surface area contributed by atoms with E-state index < -0.39 is 0 Å². The van der Waals surface area contributed by atoms with Crippen LogP contribution in [0.5, 0.6) is 0 Å². The van der Waals surface area contributed by atoms with Crippen molar-refractivity contribution in [2.24, 2.45) is 0 Å². The molecule has 0 aromatic carbocycles. The predicted molar refractivity (Wildman–Crippen MR) is 79.3 cm³/mol. The molecular weight excluding hydrogens is 254 g/mol. The first kappa shape index (κ1) is 14.8. The number of esters is 1. The fourth-order valence-corrected chi connectivity index (χ4v) is 2.72. The van der Waals surface area contributed by atoms with Crippen molar-refractivity contribution in [1.82, 2.24) is 10.3 Å². The summed E-state index contributed by atoms with van der Waals surface area (Å²) in [4.78, 5) is 18.6. The second kappa shape index (κ2) is 5.40. The number of rotatable bonds is 2. The number of ether oxygens (including phenoxy) is 1. The van der Waals surface area contributed by atoms with Gasteiger partial charge in [-0.15, -0.1) is 0 Å². The van der Waals surface area contributed by atoms with Gasteiger partial charge in [0.05, 0.1) is 18.4 Å². The van der Waals surface area contributed by atoms with Crippen molar-refractivity contribution in [3.63, 3.8) is 0 Å². The second-order valence-corrected chi connectivity index (χ2v) is 5.98. The van der Waals surface area contributed by atoms with Crippen LogP contribution in [-0.4, -0.2) is 43.2 Å². The normalized spacial score (nSPS) is 17.9. The Kier molecular flexibility index (Phi) is 3.99. The molecule has 0 saturated carbocycles. The highest BCUT2D eigenvalue weighted by atomic mass is 16.5. The standard InChI is InChI=1S/C15H23N3O2/c1-10-8-12(17-11(2)13(10)14(19)20-5)18-7-6-16-15(3,4)9-18/h8,16H,6-7,9H2,1-5H3. The molecule has 0 radical (unpaired) electrons. The van der Waals surface area contributed by atoms with Gasteiger partial charge in [-0.3, -0.25) is 0 Å². The van der Waals surface area contributed by atoms with Crippen molar-refractivity contribution in [2.75, 3.05) is 31.6 Å². The molecule has 1 fully saturated rings. The first-order valence-electron chi connectivity index (χ1n) is 6.90. The topological polar surface area (TPSA) is 54.5 Å². The summed E-state index contributed by atoms with van der Waals surface area (Å²) in [7, 11) is 1.40. The van der Waals surface area contributed by atoms with E-state index >= 15 is 0 Å². The van der Waals surface area contributed by atoms with Gasteiger partial charge in [0.15, 0.2) is 0 Å². The van der Waals surface area contributed by atoms with Crippen molar-refractivity contribution in [1.29, 1.82) is 0 Å². The third kappa shape index (κ3) is 2.93. The Hall–Kier alpha value is -1.62. The van der Waals surface area contributed by atoms with Crippen LogP contribution >= 0.6 is 0 Å². The molecule has 2 rings (SSSR count). The zero-order valence-corrected chi connectivity index (χ0v) is 12.9. The molecule has 1 saturated heterocycles. The van der Waals surface area contributed by atoms with Crippen LogP contribution < -0.4 is 10.2 Å². The number of aromatic nitrogens is 1. The van der Waals surface area contributed by atoms with E-state index in [-0.39, 0.29) is 11.5 Å². The molecule has 1 N–H and O–H groups in total. The minimum absolute atomic E-state index is 0.0722. The smallest absolute Gasteiger partial charge is 0.339 e. The fourth-order valence-electron chi connectivity index (χ4n) is 2.72. The molecule has 0 unspecified atom stereocenters. The van der Waals surface area contributed by atoms with Gasteiger partial charge >= 0.3 is 5.97 Å². The van der Waals surface area contributed by atoms with Crippen molar-refractivity contribution in [3.8, 4) is 0 Å². The Morgan fingerprint density at radius 2 is 2.15 bits per heavy atom. The molecule has 0 bridgehead atoms. The second-order valence-electron chi connectivity index (χ2n) is 5.98. The minimum atomic E-state index is -0.320. The molecule has 1 aromatic heterocycles. The highest BCUT2D eigenvalue weighted by Gasteiger charge is 2.27. The number of hydrogen-bond donors (Lipinski definition) is 1. The van der Waals surface area contributed by atoms with Crippen LogP contribution in [0.15, 0.2) is 6.07 Å². The van der Waals surface area contributed by atoms with Crippen LogP contribution in [0.1, 0.15) is 35.5 Å². The zero-order chi connectivity index (χ0) is 14.9. The van der Waals surface area contributed by atoms with Crippen LogP contribution in [0.3, 0.4) is 0 Å². The lowest BCUT2D eigenvalue weighted by Gasteiger charge is -2.40. The summed E-state index contributed by atoms with van der Waals surface area (Å²) in [5.74, 6) is 0.613. The monoisotopic (exact) mass is 277 g/mol. The summed E-state index contributed by atoms with van der Waals surface area (Å²) in [6.45, 7) is 10.9. The van der Waals surface area contributed by atoms with Crippen molar-refractivity contribution >= 4 is 11.8 Å². The SMILES string of the molecule is COC(=O)c1c(C)cc(N2CCNC(C)(C)C2)nc1C. The fraction of sp³-hybridized carbons (Fsp3) is 0.600. The molecule has 0 spiro atoms. The summed E-state index contributed by atoms with van der Waals surface area (Å²) in [6, 6.07) is 1.97. The van der Waals surface area contributed by atoms with Gasteiger partial charge in [-0.25, -0.2) is 9.78 Å². The van der Waals surface area contributed by atoms with E-state index in [0.717, 1.165) is 36.7 Å². The maximum absolute atomic E-state index is 11.8. The summed E-state index contributed by atoms with van der Waals surface area (Å²) >= 11 is 0. The Morgan fingerprint density at radius 1 is 1.45 bits per heavy atom. The van der Waals surface area contributed by atoms with Gasteiger partial charge in [-0.2, -0.15) is 0 Å². The van der Waals surface area contributed by atoms with Crippen molar-refractivity contribution < 1.29 is 9.53 Å². The quantitative estimate of drug-likeness (QED) is 0.833. The van der Waals surface area contributed by atoms with Gasteiger partial charge in [0.1, 0.15) is 5.82 Å². The van der Waals surface area contributed by atoms with Crippen LogP contribution in [0.25, 0.3) is 0 Å². The molecule has 110 valence electrons. The van der Waals surface area contributed by atoms with Crippen LogP contribution in [-0.2, 0) is 4.74 Å². The summed E-state index contributed by atoms with van der Waals surface area (Å²) < 4.78 is 4.81. The van der Waals surface area contributed by atoms with Crippen LogP contribution in [0.4, 0.5) is 5.82 Å². The van der Waals surface area contributed by atoms with E-state index in [4.69, 9.17) is 4.74 Å². The summed E-state index contributed by atoms with van der Waals surface area (Å²) in [5.41, 5.74) is 2.28. The number of nitrogens with zero attached hydrogens (tertiary/aromatic N) is 2. The number of aryl methyl sites for hydroxylation is 2. The van der Waals surface area contributed by atoms with E-state index in [9.17, 15) is 4.79 Å². The third-order valence-corrected chi connectivity index (χ3v) is 3.67. The molecule has 1 aliphatic heterocycles. The number of anilines is 1. The van der Waals surface area contributed by atoms with Gasteiger partial charge in [-0.1, -0.05) is 0 Å². The van der Waals surface area contributed by atoms with Gasteiger partial charge in [0.25, 0.3) is 0 Å². The first-order chi connectivity index (χ1) is 9.34. The lowest BCUT2D eigenvalue weighted by molar-refractivity contribution is 0.0598. The molecule has 5 heteroatoms. The Labute approximate surface area is 120 Å². The van der Waals surface area contributed by atoms with E-state index in [1.54, 1.807) is 0 Å². The molecule has 0 amide bonds. The van der Waals surface area contributed by atoms with Crippen LogP contribution in [0, 0.1) is 13.8 Å². The first-order valence-corrected chi connectivity index (χ1v) is 6.90. The van der Waals surface area contributed by atoms with Gasteiger partial charge in [0, 0.05) is 25.2 Å². The highest BCUT2D eigenvalue weighted by Crippen LogP contribution is 2.23. The number of methoxy groups -OCH3 is 1. The molecule has 1 aromatic rings. The molecule has 0 atom stereocenters. The molecule has 2 heterocycles. The highest BCUT2D eigenvalue weighted by molar-refractivity contribution is 5.92. The Bertz CT molecular complexity index is 503. The average Bonchev–Trinajstić information content (AvgIpc) is 2.36. The molecule has 5 nitrogen and oxygen atoms in total. The number of hydrogen-bond acceptors (Lipinski definition) is 5. The Balaban J connectivity index is 2.33. The Morgan fingerprint density at radius 3 is 2.70 bits per heavy atom. The van der Waals surface area contributed by atoms with Crippen molar-refractivity contribution in [3.05, 3.63) is 22.9 Å². The number of nitrogens with one attached hydrogen (secondary N) is 1. The number of carbonyl (C=O) groups excluding carboxylic acids is 1. The maximum atomic E-state index is 11.8. The number of pyridine rings is 1. The number of carbonyl (C=O) groups is 1. The average molecular weight is 277 g/mol. The van der Waals surface area contributed by atoms with E-state index in [1.165, 1.54) is 7.11 Å². The largest absolute Gasteiger partial charge is 0.465 e. The summed E-state index contributed by atoms with van der Waals surface area (Å²) in [5, 5.41) is 3.48. The zero-order valence-electron chi connectivity index (χ0n) is 12.9. The molecule has 0 aliphatic carbocycles. The molecule has 20 heavy (non-hydrogen) atoms. The number of piperazine rings is 1. The van der Waals surface area contributed by atoms with Crippen molar-refractivity contribution in [2.45, 2.75) is 33.2 Å². The van der Waals surface area contributed by atoms with Gasteiger partial charge in [0.2, 0.25) is 0 Å². The van der Waals surface area contributed by atoms with Crippen LogP contribution in [0.2, 0.25) is 0 Å². The van der Waals surface area contributed by atoms with E-state index in [2.05, 4.69) is 29.0 Å². The minimum Gasteiger partial charge on any atom is -0.465 e.